The van der Waals surface area contributed by atoms with Crippen LogP contribution in [0.4, 0.5) is 5.69 Å². The molecule has 1 aromatic carbocycles. The molecule has 1 aliphatic heterocycles. The van der Waals surface area contributed by atoms with E-state index in [4.69, 9.17) is 4.74 Å². The minimum atomic E-state index is -0.0512. The highest BCUT2D eigenvalue weighted by molar-refractivity contribution is 5.93. The van der Waals surface area contributed by atoms with Crippen LogP contribution in [0.15, 0.2) is 18.2 Å². The van der Waals surface area contributed by atoms with E-state index in [1.807, 2.05) is 32.0 Å². The minimum Gasteiger partial charge on any atom is -0.491 e. The summed E-state index contributed by atoms with van der Waals surface area (Å²) >= 11 is 0. The zero-order valence-electron chi connectivity index (χ0n) is 11.9. The third-order valence-electron chi connectivity index (χ3n) is 2.99. The summed E-state index contributed by atoms with van der Waals surface area (Å²) in [5, 5.41) is 5.68. The van der Waals surface area contributed by atoms with E-state index in [9.17, 15) is 9.59 Å². The highest BCUT2D eigenvalue weighted by Gasteiger charge is 2.14. The molecule has 0 aliphatic carbocycles. The van der Waals surface area contributed by atoms with Crippen LogP contribution in [0.3, 0.4) is 0 Å². The van der Waals surface area contributed by atoms with Crippen molar-refractivity contribution in [1.82, 2.24) is 5.32 Å². The molecule has 108 valence electrons. The van der Waals surface area contributed by atoms with Gasteiger partial charge in [-0.3, -0.25) is 9.59 Å². The van der Waals surface area contributed by atoms with Gasteiger partial charge in [-0.05, 0) is 23.6 Å². The van der Waals surface area contributed by atoms with Gasteiger partial charge < -0.3 is 15.4 Å². The maximum atomic E-state index is 11.6. The Labute approximate surface area is 118 Å². The fourth-order valence-corrected chi connectivity index (χ4v) is 2.02. The second-order valence-electron chi connectivity index (χ2n) is 5.35. The zero-order valence-corrected chi connectivity index (χ0v) is 11.9. The molecule has 1 aliphatic rings. The lowest BCUT2D eigenvalue weighted by molar-refractivity contribution is -0.122. The number of carbonyl (C=O) groups is 2. The van der Waals surface area contributed by atoms with Crippen LogP contribution in [0.25, 0.3) is 0 Å². The van der Waals surface area contributed by atoms with Crippen LogP contribution < -0.4 is 15.4 Å². The van der Waals surface area contributed by atoms with Gasteiger partial charge >= 0.3 is 0 Å². The van der Waals surface area contributed by atoms with E-state index < -0.39 is 0 Å². The van der Waals surface area contributed by atoms with E-state index in [0.717, 1.165) is 5.56 Å². The number of amides is 2. The lowest BCUT2D eigenvalue weighted by Crippen LogP contribution is -2.23. The van der Waals surface area contributed by atoms with Crippen molar-refractivity contribution in [2.45, 2.75) is 33.2 Å². The molecule has 5 heteroatoms. The van der Waals surface area contributed by atoms with Crippen molar-refractivity contribution in [3.8, 4) is 5.75 Å². The number of carbonyl (C=O) groups excluding carboxylic acids is 2. The molecule has 0 fully saturated rings. The van der Waals surface area contributed by atoms with E-state index >= 15 is 0 Å². The summed E-state index contributed by atoms with van der Waals surface area (Å²) in [5.41, 5.74) is 1.61. The second-order valence-corrected chi connectivity index (χ2v) is 5.35. The van der Waals surface area contributed by atoms with Crippen LogP contribution in [-0.4, -0.2) is 18.4 Å². The topological polar surface area (TPSA) is 67.4 Å². The molecular weight excluding hydrogens is 256 g/mol. The van der Waals surface area contributed by atoms with Crippen molar-refractivity contribution in [3.63, 3.8) is 0 Å². The van der Waals surface area contributed by atoms with Crippen molar-refractivity contribution in [2.24, 2.45) is 5.92 Å². The highest BCUT2D eigenvalue weighted by atomic mass is 16.5. The average Bonchev–Trinajstić information content (AvgIpc) is 2.55. The predicted octanol–water partition coefficient (Wildman–Crippen LogP) is 2.07. The van der Waals surface area contributed by atoms with Gasteiger partial charge in [0.2, 0.25) is 11.8 Å². The average molecular weight is 276 g/mol. The number of fused-ring (bicyclic) bond motifs is 1. The molecule has 0 bridgehead atoms. The van der Waals surface area contributed by atoms with Crippen molar-refractivity contribution in [2.75, 3.05) is 11.9 Å². The molecule has 0 atom stereocenters. The summed E-state index contributed by atoms with van der Waals surface area (Å²) in [7, 11) is 0. The van der Waals surface area contributed by atoms with Crippen LogP contribution in [0.1, 0.15) is 32.3 Å². The van der Waals surface area contributed by atoms with E-state index in [0.29, 0.717) is 43.3 Å². The van der Waals surface area contributed by atoms with E-state index in [1.54, 1.807) is 0 Å². The monoisotopic (exact) mass is 276 g/mol. The van der Waals surface area contributed by atoms with Crippen molar-refractivity contribution in [3.05, 3.63) is 23.8 Å². The van der Waals surface area contributed by atoms with Gasteiger partial charge in [-0.15, -0.1) is 0 Å². The normalized spacial score (nSPS) is 14.1. The summed E-state index contributed by atoms with van der Waals surface area (Å²) in [6, 6.07) is 5.56. The van der Waals surface area contributed by atoms with Crippen molar-refractivity contribution < 1.29 is 14.3 Å². The number of hydrogen-bond acceptors (Lipinski definition) is 3. The third kappa shape index (κ3) is 3.98. The fraction of sp³-hybridized carbons (Fsp3) is 0.467. The summed E-state index contributed by atoms with van der Waals surface area (Å²) in [5.74, 6) is 1.00. The summed E-state index contributed by atoms with van der Waals surface area (Å²) in [6.45, 7) is 4.86. The number of hydrogen-bond donors (Lipinski definition) is 2. The predicted molar refractivity (Wildman–Crippen MR) is 76.5 cm³/mol. The minimum absolute atomic E-state index is 0.0372. The third-order valence-corrected chi connectivity index (χ3v) is 2.99. The largest absolute Gasteiger partial charge is 0.491 e. The van der Waals surface area contributed by atoms with Crippen LogP contribution in [0, 0.1) is 5.92 Å². The first-order valence-electron chi connectivity index (χ1n) is 6.87. The lowest BCUT2D eigenvalue weighted by atomic mass is 10.1. The molecular formula is C15H20N2O3. The summed E-state index contributed by atoms with van der Waals surface area (Å²) < 4.78 is 5.48. The Kier molecular flexibility index (Phi) is 4.61. The molecule has 0 saturated heterocycles. The molecule has 1 aromatic rings. The van der Waals surface area contributed by atoms with Crippen molar-refractivity contribution >= 4 is 17.5 Å². The summed E-state index contributed by atoms with van der Waals surface area (Å²) in [4.78, 5) is 23.1. The molecule has 5 nitrogen and oxygen atoms in total. The number of ether oxygens (including phenoxy) is 1. The second kappa shape index (κ2) is 6.41. The summed E-state index contributed by atoms with van der Waals surface area (Å²) in [6.07, 6.45) is 0.875. The van der Waals surface area contributed by atoms with Gasteiger partial charge in [-0.1, -0.05) is 19.9 Å². The molecule has 1 heterocycles. The first kappa shape index (κ1) is 14.4. The van der Waals surface area contributed by atoms with Gasteiger partial charge in [0.25, 0.3) is 0 Å². The molecule has 0 unspecified atom stereocenters. The smallest absolute Gasteiger partial charge is 0.227 e. The van der Waals surface area contributed by atoms with Crippen LogP contribution in [0.5, 0.6) is 5.75 Å². The van der Waals surface area contributed by atoms with Gasteiger partial charge in [-0.2, -0.15) is 0 Å². The molecule has 2 N–H and O–H groups in total. The quantitative estimate of drug-likeness (QED) is 0.884. The lowest BCUT2D eigenvalue weighted by Gasteiger charge is -2.11. The first-order chi connectivity index (χ1) is 9.54. The maximum Gasteiger partial charge on any atom is 0.227 e. The van der Waals surface area contributed by atoms with Gasteiger partial charge in [0, 0.05) is 13.0 Å². The van der Waals surface area contributed by atoms with Crippen LogP contribution in [-0.2, 0) is 16.1 Å². The van der Waals surface area contributed by atoms with E-state index in [-0.39, 0.29) is 11.8 Å². The van der Waals surface area contributed by atoms with E-state index in [1.165, 1.54) is 0 Å². The standard InChI is InChI=1S/C15H20N2O3/c1-10(2)7-15(19)16-9-11-3-4-13-12(8-11)17-14(18)5-6-20-13/h3-4,8,10H,5-7,9H2,1-2H3,(H,16,19)(H,17,18). The number of anilines is 1. The molecule has 0 radical (unpaired) electrons. The van der Waals surface area contributed by atoms with Gasteiger partial charge in [0.1, 0.15) is 5.75 Å². The Balaban J connectivity index is 2.00. The Morgan fingerprint density at radius 3 is 3.00 bits per heavy atom. The fourth-order valence-electron chi connectivity index (χ4n) is 2.02. The Bertz CT molecular complexity index is 512. The first-order valence-corrected chi connectivity index (χ1v) is 6.87. The van der Waals surface area contributed by atoms with Crippen LogP contribution >= 0.6 is 0 Å². The Morgan fingerprint density at radius 2 is 2.25 bits per heavy atom. The Morgan fingerprint density at radius 1 is 1.45 bits per heavy atom. The SMILES string of the molecule is CC(C)CC(=O)NCc1ccc2c(c1)NC(=O)CCO2. The highest BCUT2D eigenvalue weighted by Crippen LogP contribution is 2.28. The molecule has 20 heavy (non-hydrogen) atoms. The number of rotatable bonds is 4. The van der Waals surface area contributed by atoms with E-state index in [2.05, 4.69) is 10.6 Å². The number of nitrogens with one attached hydrogen (secondary N) is 2. The molecule has 2 rings (SSSR count). The van der Waals surface area contributed by atoms with Crippen LogP contribution in [0.2, 0.25) is 0 Å². The number of benzene rings is 1. The zero-order chi connectivity index (χ0) is 14.5. The van der Waals surface area contributed by atoms with Gasteiger partial charge in [0.15, 0.2) is 0 Å². The molecule has 0 saturated carbocycles. The Hall–Kier alpha value is -2.04. The maximum absolute atomic E-state index is 11.6. The van der Waals surface area contributed by atoms with Gasteiger partial charge in [-0.25, -0.2) is 0 Å². The molecule has 2 amide bonds. The molecule has 0 spiro atoms. The van der Waals surface area contributed by atoms with Crippen molar-refractivity contribution in [1.29, 1.82) is 0 Å². The van der Waals surface area contributed by atoms with Gasteiger partial charge in [0.05, 0.1) is 18.7 Å². The molecule has 0 aromatic heterocycles.